The number of rotatable bonds is 7. The molecule has 1 aliphatic carbocycles. The van der Waals surface area contributed by atoms with Crippen LogP contribution in [0.25, 0.3) is 43.3 Å². The minimum Gasteiger partial charge on any atom is -0.473 e. The average Bonchev–Trinajstić information content (AvgIpc) is 3.90. The fraction of sp³-hybridized carbons (Fsp3) is 0.486. The van der Waals surface area contributed by atoms with Gasteiger partial charge in [0.15, 0.2) is 5.82 Å². The molecule has 0 spiro atoms. The predicted octanol–water partition coefficient (Wildman–Crippen LogP) is 6.30. The standard InChI is InChI=1S/C35H38FN7O3S/c1-19(17-41-10-3-4-11-41)46-34-22-14-26(25-8-6-12-42(25)35(44)45-2)43(32-20-13-24(32)37-15-20)33(22)23-16-38-30(28(36)31(23)40-34)21-7-5-9-27-29(21)39-18-47-27/h5,7,9,14,16,18-20,24-25,32,37H,3-4,6,8,10-13,15,17H2,1-2H3/t19-,20+,24+,25+,32-/m0/s1. The zero-order valence-electron chi connectivity index (χ0n) is 26.6. The maximum absolute atomic E-state index is 17.0. The summed E-state index contributed by atoms with van der Waals surface area (Å²) < 4.78 is 32.2. The number of hydrogen-bond acceptors (Lipinski definition) is 9. The van der Waals surface area contributed by atoms with Crippen molar-refractivity contribution in [2.24, 2.45) is 5.92 Å². The van der Waals surface area contributed by atoms with Crippen LogP contribution in [0, 0.1) is 11.7 Å². The van der Waals surface area contributed by atoms with Crippen LogP contribution in [0.1, 0.15) is 56.8 Å². The monoisotopic (exact) mass is 655 g/mol. The first-order chi connectivity index (χ1) is 23.0. The molecule has 10 nitrogen and oxygen atoms in total. The van der Waals surface area contributed by atoms with Crippen LogP contribution in [0.15, 0.2) is 36.0 Å². The van der Waals surface area contributed by atoms with Gasteiger partial charge >= 0.3 is 6.09 Å². The molecule has 1 N–H and O–H groups in total. The Morgan fingerprint density at radius 3 is 2.81 bits per heavy atom. The first kappa shape index (κ1) is 29.3. The Balaban J connectivity index is 1.28. The number of likely N-dealkylation sites (tertiary alicyclic amines) is 2. The van der Waals surface area contributed by atoms with Crippen molar-refractivity contribution in [1.29, 1.82) is 0 Å². The molecule has 47 heavy (non-hydrogen) atoms. The number of ether oxygens (including phenoxy) is 2. The number of carbonyl (C=O) groups is 1. The molecule has 8 heterocycles. The summed E-state index contributed by atoms with van der Waals surface area (Å²) in [5, 5.41) is 5.15. The second-order valence-corrected chi connectivity index (χ2v) is 14.5. The lowest BCUT2D eigenvalue weighted by molar-refractivity contribution is 0.116. The number of nitrogens with zero attached hydrogens (tertiary/aromatic N) is 6. The Hall–Kier alpha value is -3.87. The molecule has 4 saturated heterocycles. The molecule has 1 aromatic carbocycles. The molecule has 5 aromatic rings. The van der Waals surface area contributed by atoms with Crippen molar-refractivity contribution >= 4 is 49.5 Å². The number of carbonyl (C=O) groups excluding carboxylic acids is 1. The molecule has 0 radical (unpaired) electrons. The third kappa shape index (κ3) is 4.62. The molecule has 5 aliphatic rings. The maximum atomic E-state index is 17.0. The molecule has 1 saturated carbocycles. The smallest absolute Gasteiger partial charge is 0.410 e. The lowest BCUT2D eigenvalue weighted by Crippen LogP contribution is -2.41. The first-order valence-electron chi connectivity index (χ1n) is 16.8. The van der Waals surface area contributed by atoms with E-state index in [1.54, 1.807) is 11.7 Å². The van der Waals surface area contributed by atoms with Crippen molar-refractivity contribution in [2.45, 2.75) is 63.3 Å². The van der Waals surface area contributed by atoms with E-state index < -0.39 is 5.82 Å². The number of amides is 1. The van der Waals surface area contributed by atoms with Crippen molar-refractivity contribution < 1.29 is 18.7 Å². The number of fused-ring (bicyclic) bond motifs is 5. The number of para-hydroxylation sites is 1. The normalized spacial score (nSPS) is 24.9. The Morgan fingerprint density at radius 1 is 1.15 bits per heavy atom. The zero-order valence-corrected chi connectivity index (χ0v) is 27.4. The van der Waals surface area contributed by atoms with E-state index in [1.807, 2.05) is 23.1 Å². The van der Waals surface area contributed by atoms with E-state index in [4.69, 9.17) is 19.4 Å². The van der Waals surface area contributed by atoms with E-state index in [9.17, 15) is 4.79 Å². The van der Waals surface area contributed by atoms with E-state index in [2.05, 4.69) is 32.8 Å². The number of halogens is 1. The van der Waals surface area contributed by atoms with Crippen molar-refractivity contribution in [2.75, 3.05) is 39.8 Å². The third-order valence-corrected chi connectivity index (χ3v) is 11.6. The molecular formula is C35H38FN7O3S. The van der Waals surface area contributed by atoms with Gasteiger partial charge in [0.05, 0.1) is 45.8 Å². The SMILES string of the molecule is COC(=O)N1CCC[C@@H]1c1cc2c(O[C@@H](C)CN3CCCC3)nc3c(F)c(-c4cccc5scnc45)ncc3c2n1[C@H]1[C@H]2CN[C@@H]1C2. The van der Waals surface area contributed by atoms with Gasteiger partial charge in [-0.15, -0.1) is 11.3 Å². The summed E-state index contributed by atoms with van der Waals surface area (Å²) in [6.45, 7) is 6.53. The van der Waals surface area contributed by atoms with E-state index >= 15 is 4.39 Å². The van der Waals surface area contributed by atoms with E-state index in [-0.39, 0.29) is 35.5 Å². The minimum atomic E-state index is -0.483. The maximum Gasteiger partial charge on any atom is 0.410 e. The third-order valence-electron chi connectivity index (χ3n) is 10.8. The lowest BCUT2D eigenvalue weighted by Gasteiger charge is -2.39. The molecule has 10 rings (SSSR count). The van der Waals surface area contributed by atoms with Gasteiger partial charge < -0.3 is 19.4 Å². The molecule has 1 amide bonds. The van der Waals surface area contributed by atoms with Crippen molar-refractivity contribution in [3.63, 3.8) is 0 Å². The quantitative estimate of drug-likeness (QED) is 0.218. The van der Waals surface area contributed by atoms with Gasteiger partial charge in [-0.2, -0.15) is 0 Å². The number of benzene rings is 1. The van der Waals surface area contributed by atoms with Crippen LogP contribution in [0.3, 0.4) is 0 Å². The van der Waals surface area contributed by atoms with Crippen molar-refractivity contribution in [1.82, 2.24) is 34.6 Å². The Labute approximate surface area is 275 Å². The van der Waals surface area contributed by atoms with Crippen LogP contribution in [0.5, 0.6) is 5.88 Å². The van der Waals surface area contributed by atoms with E-state index in [0.29, 0.717) is 35.3 Å². The average molecular weight is 656 g/mol. The van der Waals surface area contributed by atoms with Crippen molar-refractivity contribution in [3.8, 4) is 17.1 Å². The van der Waals surface area contributed by atoms with E-state index in [0.717, 1.165) is 72.3 Å². The first-order valence-corrected chi connectivity index (χ1v) is 17.7. The topological polar surface area (TPSA) is 97.6 Å². The highest BCUT2D eigenvalue weighted by Crippen LogP contribution is 2.51. The minimum absolute atomic E-state index is 0.152. The molecular weight excluding hydrogens is 617 g/mol. The molecule has 5 fully saturated rings. The molecule has 2 bridgehead atoms. The Kier molecular flexibility index (Phi) is 7.09. The van der Waals surface area contributed by atoms with Gasteiger partial charge in [0.25, 0.3) is 0 Å². The van der Waals surface area contributed by atoms with Gasteiger partial charge in [0, 0.05) is 48.5 Å². The summed E-state index contributed by atoms with van der Waals surface area (Å²) in [4.78, 5) is 31.5. The highest BCUT2D eigenvalue weighted by molar-refractivity contribution is 7.16. The Bertz CT molecular complexity index is 2010. The second kappa shape index (κ2) is 11.4. The molecule has 0 unspecified atom stereocenters. The van der Waals surface area contributed by atoms with Crippen LogP contribution < -0.4 is 10.1 Å². The second-order valence-electron chi connectivity index (χ2n) is 13.6. The number of aromatic nitrogens is 4. The van der Waals surface area contributed by atoms with Crippen LogP contribution in [-0.2, 0) is 4.74 Å². The molecule has 5 atom stereocenters. The summed E-state index contributed by atoms with van der Waals surface area (Å²) >= 11 is 1.52. The summed E-state index contributed by atoms with van der Waals surface area (Å²) in [6, 6.07) is 8.23. The van der Waals surface area contributed by atoms with Gasteiger partial charge in [-0.1, -0.05) is 12.1 Å². The molecule has 4 aliphatic heterocycles. The van der Waals surface area contributed by atoms with Gasteiger partial charge in [-0.3, -0.25) is 14.8 Å². The summed E-state index contributed by atoms with van der Waals surface area (Å²) in [6.07, 6.45) is 6.48. The zero-order chi connectivity index (χ0) is 31.8. The molecule has 4 aromatic heterocycles. The lowest BCUT2D eigenvalue weighted by atomic mass is 9.79. The summed E-state index contributed by atoms with van der Waals surface area (Å²) in [7, 11) is 1.44. The van der Waals surface area contributed by atoms with Gasteiger partial charge in [-0.05, 0) is 70.2 Å². The number of thiazole rings is 1. The number of pyridine rings is 2. The van der Waals surface area contributed by atoms with E-state index in [1.165, 1.54) is 31.3 Å². The Morgan fingerprint density at radius 2 is 2.02 bits per heavy atom. The number of hydrogen-bond donors (Lipinski definition) is 1. The van der Waals surface area contributed by atoms with Crippen LogP contribution in [-0.4, -0.2) is 87.4 Å². The van der Waals surface area contributed by atoms with Crippen LogP contribution in [0.4, 0.5) is 9.18 Å². The predicted molar refractivity (Wildman–Crippen MR) is 179 cm³/mol. The molecule has 244 valence electrons. The fourth-order valence-corrected chi connectivity index (χ4v) is 9.35. The highest BCUT2D eigenvalue weighted by atomic mass is 32.1. The van der Waals surface area contributed by atoms with Crippen LogP contribution >= 0.6 is 11.3 Å². The summed E-state index contributed by atoms with van der Waals surface area (Å²) in [5.41, 5.74) is 5.51. The fourth-order valence-electron chi connectivity index (χ4n) is 8.64. The van der Waals surface area contributed by atoms with Gasteiger partial charge in [-0.25, -0.2) is 19.2 Å². The van der Waals surface area contributed by atoms with Crippen LogP contribution in [0.2, 0.25) is 0 Å². The van der Waals surface area contributed by atoms with Gasteiger partial charge in [0.1, 0.15) is 17.3 Å². The van der Waals surface area contributed by atoms with Crippen molar-refractivity contribution in [3.05, 3.63) is 47.5 Å². The molecule has 12 heteroatoms. The largest absolute Gasteiger partial charge is 0.473 e. The highest BCUT2D eigenvalue weighted by Gasteiger charge is 2.50. The summed E-state index contributed by atoms with van der Waals surface area (Å²) in [5.74, 6) is 0.385. The number of methoxy groups -OCH3 is 1. The van der Waals surface area contributed by atoms with Gasteiger partial charge in [0.2, 0.25) is 5.88 Å². The number of nitrogens with one attached hydrogen (secondary N) is 1.